The molecule has 0 spiro atoms. The largest absolute Gasteiger partial charge is 0.462 e. The average Bonchev–Trinajstić information content (AvgIpc) is 3.10. The molecule has 0 amide bonds. The Morgan fingerprint density at radius 3 is 1.51 bits per heavy atom. The van der Waals surface area contributed by atoms with Gasteiger partial charge in [0.1, 0.15) is 13.2 Å². The SMILES string of the molecule is CC\C=C/C=C\C=C/C=C\C=C/CCCC(=O)OCC(COC(=O)CCC/C=C\CCCCCC)OC(=O)CCCC/C=C\C/C=C\CC. The van der Waals surface area contributed by atoms with Crippen LogP contribution >= 0.6 is 0 Å². The first-order valence-corrected chi connectivity index (χ1v) is 18.8. The molecule has 0 aliphatic heterocycles. The lowest BCUT2D eigenvalue weighted by Crippen LogP contribution is -2.30. The molecule has 0 aliphatic rings. The lowest BCUT2D eigenvalue weighted by molar-refractivity contribution is -0.167. The van der Waals surface area contributed by atoms with E-state index in [0.717, 1.165) is 51.4 Å². The van der Waals surface area contributed by atoms with Gasteiger partial charge in [0.05, 0.1) is 0 Å². The van der Waals surface area contributed by atoms with E-state index in [1.165, 1.54) is 25.7 Å². The maximum absolute atomic E-state index is 12.6. The number of unbranched alkanes of at least 4 members (excludes halogenated alkanes) is 8. The Hall–Kier alpha value is -3.67. The van der Waals surface area contributed by atoms with Gasteiger partial charge in [-0.15, -0.1) is 0 Å². The first-order chi connectivity index (χ1) is 24.0. The number of esters is 3. The van der Waals surface area contributed by atoms with Crippen molar-refractivity contribution in [1.29, 1.82) is 0 Å². The summed E-state index contributed by atoms with van der Waals surface area (Å²) in [6, 6.07) is 0. The fraction of sp³-hybridized carbons (Fsp3) is 0.558. The number of carbonyl (C=O) groups is 3. The molecule has 0 radical (unpaired) electrons. The van der Waals surface area contributed by atoms with E-state index in [1.54, 1.807) is 0 Å². The summed E-state index contributed by atoms with van der Waals surface area (Å²) < 4.78 is 16.4. The van der Waals surface area contributed by atoms with Crippen LogP contribution in [0.1, 0.15) is 136 Å². The van der Waals surface area contributed by atoms with Crippen LogP contribution in [-0.2, 0) is 28.6 Å². The normalized spacial score (nSPS) is 13.1. The predicted molar refractivity (Wildman–Crippen MR) is 205 cm³/mol. The summed E-state index contributed by atoms with van der Waals surface area (Å²) in [7, 11) is 0. The third kappa shape index (κ3) is 35.5. The summed E-state index contributed by atoms with van der Waals surface area (Å²) in [6.45, 7) is 6.15. The highest BCUT2D eigenvalue weighted by Crippen LogP contribution is 2.09. The standard InChI is InChI=1S/C43H66O6/c1-4-7-10-13-16-19-20-21-22-25-27-30-33-36-42(45)48-39-40(49-43(46)37-34-31-28-24-18-15-12-9-6-3)38-47-41(44)35-32-29-26-23-17-14-11-8-5-2/h7,9-10,12-13,16,18-27,40H,4-6,8,11,14-15,17,28-39H2,1-3H3/b10-7-,12-9-,16-13-,20-19-,22-21-,24-18-,26-23-,27-25-. The smallest absolute Gasteiger partial charge is 0.306 e. The van der Waals surface area contributed by atoms with Crippen LogP contribution in [0.25, 0.3) is 0 Å². The molecule has 0 saturated heterocycles. The summed E-state index contributed by atoms with van der Waals surface area (Å²) in [5, 5.41) is 0. The van der Waals surface area contributed by atoms with E-state index in [2.05, 4.69) is 63.3 Å². The van der Waals surface area contributed by atoms with E-state index in [0.29, 0.717) is 19.3 Å². The van der Waals surface area contributed by atoms with Crippen LogP contribution in [0.4, 0.5) is 0 Å². The topological polar surface area (TPSA) is 78.9 Å². The number of allylic oxidation sites excluding steroid dienone is 16. The Kier molecular flexibility index (Phi) is 34.4. The van der Waals surface area contributed by atoms with Crippen molar-refractivity contribution < 1.29 is 28.6 Å². The molecule has 0 heterocycles. The van der Waals surface area contributed by atoms with Crippen molar-refractivity contribution >= 4 is 17.9 Å². The zero-order chi connectivity index (χ0) is 35.9. The molecule has 1 unspecified atom stereocenters. The Morgan fingerprint density at radius 1 is 0.449 bits per heavy atom. The van der Waals surface area contributed by atoms with Gasteiger partial charge < -0.3 is 14.2 Å². The molecule has 6 nitrogen and oxygen atoms in total. The fourth-order valence-corrected chi connectivity index (χ4v) is 4.39. The molecule has 0 aromatic carbocycles. The van der Waals surface area contributed by atoms with Gasteiger partial charge in [-0.25, -0.2) is 0 Å². The van der Waals surface area contributed by atoms with Gasteiger partial charge in [-0.3, -0.25) is 14.4 Å². The molecular formula is C43H66O6. The van der Waals surface area contributed by atoms with Gasteiger partial charge >= 0.3 is 17.9 Å². The Balaban J connectivity index is 4.60. The van der Waals surface area contributed by atoms with E-state index in [-0.39, 0.29) is 50.4 Å². The zero-order valence-corrected chi connectivity index (χ0v) is 30.9. The van der Waals surface area contributed by atoms with Gasteiger partial charge in [-0.1, -0.05) is 137 Å². The van der Waals surface area contributed by atoms with Crippen LogP contribution in [0, 0.1) is 0 Å². The van der Waals surface area contributed by atoms with Crippen molar-refractivity contribution in [2.45, 2.75) is 142 Å². The van der Waals surface area contributed by atoms with Crippen molar-refractivity contribution in [3.63, 3.8) is 0 Å². The predicted octanol–water partition coefficient (Wildman–Crippen LogP) is 11.5. The number of hydrogen-bond acceptors (Lipinski definition) is 6. The van der Waals surface area contributed by atoms with Gasteiger partial charge in [0.25, 0.3) is 0 Å². The van der Waals surface area contributed by atoms with Crippen molar-refractivity contribution in [2.24, 2.45) is 0 Å². The molecular weight excluding hydrogens is 612 g/mol. The lowest BCUT2D eigenvalue weighted by atomic mass is 10.1. The zero-order valence-electron chi connectivity index (χ0n) is 30.9. The third-order valence-corrected chi connectivity index (χ3v) is 7.18. The van der Waals surface area contributed by atoms with Crippen LogP contribution in [0.5, 0.6) is 0 Å². The fourth-order valence-electron chi connectivity index (χ4n) is 4.39. The maximum atomic E-state index is 12.6. The highest BCUT2D eigenvalue weighted by atomic mass is 16.6. The summed E-state index contributed by atoms with van der Waals surface area (Å²) in [5.41, 5.74) is 0. The molecule has 0 aromatic rings. The van der Waals surface area contributed by atoms with Crippen molar-refractivity contribution in [1.82, 2.24) is 0 Å². The van der Waals surface area contributed by atoms with Gasteiger partial charge in [0.2, 0.25) is 0 Å². The molecule has 0 fully saturated rings. The second-order valence-electron chi connectivity index (χ2n) is 11.8. The molecule has 0 aromatic heterocycles. The van der Waals surface area contributed by atoms with Crippen LogP contribution in [0.2, 0.25) is 0 Å². The Morgan fingerprint density at radius 2 is 0.918 bits per heavy atom. The molecule has 274 valence electrons. The molecule has 0 saturated carbocycles. The minimum absolute atomic E-state index is 0.131. The molecule has 6 heteroatoms. The van der Waals surface area contributed by atoms with E-state index < -0.39 is 6.10 Å². The first-order valence-electron chi connectivity index (χ1n) is 18.8. The first kappa shape index (κ1) is 45.3. The maximum Gasteiger partial charge on any atom is 0.306 e. The summed E-state index contributed by atoms with van der Waals surface area (Å²) >= 11 is 0. The summed E-state index contributed by atoms with van der Waals surface area (Å²) in [5.74, 6) is -1.10. The molecule has 0 N–H and O–H groups in total. The summed E-state index contributed by atoms with van der Waals surface area (Å²) in [6.07, 6.45) is 47.1. The molecule has 0 aliphatic carbocycles. The van der Waals surface area contributed by atoms with Crippen LogP contribution < -0.4 is 0 Å². The number of hydrogen-bond donors (Lipinski definition) is 0. The molecule has 0 rings (SSSR count). The average molecular weight is 679 g/mol. The van der Waals surface area contributed by atoms with Gasteiger partial charge in [0, 0.05) is 19.3 Å². The monoisotopic (exact) mass is 678 g/mol. The second-order valence-corrected chi connectivity index (χ2v) is 11.8. The van der Waals surface area contributed by atoms with E-state index in [4.69, 9.17) is 14.2 Å². The quantitative estimate of drug-likeness (QED) is 0.0239. The van der Waals surface area contributed by atoms with E-state index in [1.807, 2.05) is 54.7 Å². The lowest BCUT2D eigenvalue weighted by Gasteiger charge is -2.18. The molecule has 0 bridgehead atoms. The minimum Gasteiger partial charge on any atom is -0.462 e. The van der Waals surface area contributed by atoms with E-state index in [9.17, 15) is 14.4 Å². The second kappa shape index (κ2) is 37.2. The number of rotatable bonds is 31. The van der Waals surface area contributed by atoms with Crippen molar-refractivity contribution in [3.05, 3.63) is 97.2 Å². The van der Waals surface area contributed by atoms with E-state index >= 15 is 0 Å². The van der Waals surface area contributed by atoms with Gasteiger partial charge in [0.15, 0.2) is 6.10 Å². The molecule has 1 atom stereocenters. The van der Waals surface area contributed by atoms with Crippen LogP contribution in [-0.4, -0.2) is 37.2 Å². The molecule has 49 heavy (non-hydrogen) atoms. The highest BCUT2D eigenvalue weighted by molar-refractivity contribution is 5.71. The van der Waals surface area contributed by atoms with Crippen LogP contribution in [0.3, 0.4) is 0 Å². The van der Waals surface area contributed by atoms with Gasteiger partial charge in [-0.2, -0.15) is 0 Å². The van der Waals surface area contributed by atoms with Crippen molar-refractivity contribution in [2.75, 3.05) is 13.2 Å². The highest BCUT2D eigenvalue weighted by Gasteiger charge is 2.19. The van der Waals surface area contributed by atoms with Gasteiger partial charge in [-0.05, 0) is 77.0 Å². The Bertz CT molecular complexity index is 1060. The number of carbonyl (C=O) groups excluding carboxylic acids is 3. The summed E-state index contributed by atoms with van der Waals surface area (Å²) in [4.78, 5) is 37.3. The number of ether oxygens (including phenoxy) is 3. The third-order valence-electron chi connectivity index (χ3n) is 7.18. The Labute approximate surface area is 298 Å². The van der Waals surface area contributed by atoms with Crippen molar-refractivity contribution in [3.8, 4) is 0 Å². The minimum atomic E-state index is -0.829. The van der Waals surface area contributed by atoms with Crippen LogP contribution in [0.15, 0.2) is 97.2 Å².